The van der Waals surface area contributed by atoms with Crippen molar-refractivity contribution in [2.45, 2.75) is 39.2 Å². The molecule has 86 valence electrons. The van der Waals surface area contributed by atoms with Crippen LogP contribution in [0.5, 0.6) is 0 Å². The van der Waals surface area contributed by atoms with Gasteiger partial charge in [-0.3, -0.25) is 9.69 Å². The number of rotatable bonds is 6. The van der Waals surface area contributed by atoms with E-state index in [0.717, 1.165) is 25.9 Å². The summed E-state index contributed by atoms with van der Waals surface area (Å²) in [5.41, 5.74) is 0.370. The molecule has 1 aliphatic heterocycles. The standard InChI is InChI=1S/C12H21NO2/c1-4-7-10(11(14)15)13-8-12(5-2,6-3)9-13/h4,10H,1,5-9H2,2-3H3,(H,14,15). The molecule has 15 heavy (non-hydrogen) atoms. The summed E-state index contributed by atoms with van der Waals surface area (Å²) in [5.74, 6) is -0.726. The minimum absolute atomic E-state index is 0.367. The molecule has 0 aromatic carbocycles. The van der Waals surface area contributed by atoms with Crippen molar-refractivity contribution in [2.75, 3.05) is 13.1 Å². The molecule has 1 heterocycles. The number of likely N-dealkylation sites (tertiary alicyclic amines) is 1. The zero-order valence-corrected chi connectivity index (χ0v) is 9.70. The van der Waals surface area contributed by atoms with Gasteiger partial charge in [0.15, 0.2) is 0 Å². The number of carboxylic acids is 1. The van der Waals surface area contributed by atoms with Crippen molar-refractivity contribution in [3.63, 3.8) is 0 Å². The molecule has 0 spiro atoms. The molecule has 1 unspecified atom stereocenters. The van der Waals surface area contributed by atoms with Gasteiger partial charge in [0, 0.05) is 13.1 Å². The molecule has 1 rings (SSSR count). The van der Waals surface area contributed by atoms with Gasteiger partial charge in [-0.25, -0.2) is 0 Å². The van der Waals surface area contributed by atoms with E-state index in [-0.39, 0.29) is 6.04 Å². The predicted molar refractivity (Wildman–Crippen MR) is 60.8 cm³/mol. The van der Waals surface area contributed by atoms with Crippen molar-refractivity contribution in [2.24, 2.45) is 5.41 Å². The van der Waals surface area contributed by atoms with Crippen molar-refractivity contribution in [3.8, 4) is 0 Å². The molecule has 1 aliphatic rings. The Morgan fingerprint density at radius 3 is 2.40 bits per heavy atom. The summed E-state index contributed by atoms with van der Waals surface area (Å²) in [6.07, 6.45) is 4.51. The summed E-state index contributed by atoms with van der Waals surface area (Å²) < 4.78 is 0. The third-order valence-corrected chi connectivity index (χ3v) is 3.69. The average Bonchev–Trinajstić information content (AvgIpc) is 2.15. The molecule has 0 saturated carbocycles. The van der Waals surface area contributed by atoms with Gasteiger partial charge in [-0.1, -0.05) is 19.9 Å². The molecular weight excluding hydrogens is 190 g/mol. The average molecular weight is 211 g/mol. The molecule has 3 nitrogen and oxygen atoms in total. The topological polar surface area (TPSA) is 40.5 Å². The van der Waals surface area contributed by atoms with E-state index in [4.69, 9.17) is 5.11 Å². The van der Waals surface area contributed by atoms with Crippen molar-refractivity contribution in [1.82, 2.24) is 4.90 Å². The van der Waals surface area contributed by atoms with Crippen LogP contribution in [0.4, 0.5) is 0 Å². The summed E-state index contributed by atoms with van der Waals surface area (Å²) in [4.78, 5) is 13.1. The Balaban J connectivity index is 2.54. The maximum absolute atomic E-state index is 11.0. The molecule has 0 amide bonds. The monoisotopic (exact) mass is 211 g/mol. The highest BCUT2D eigenvalue weighted by Gasteiger charge is 2.44. The molecule has 1 N–H and O–H groups in total. The van der Waals surface area contributed by atoms with Crippen molar-refractivity contribution >= 4 is 5.97 Å². The van der Waals surface area contributed by atoms with E-state index >= 15 is 0 Å². The molecule has 1 atom stereocenters. The molecule has 0 radical (unpaired) electrons. The number of nitrogens with zero attached hydrogens (tertiary/aromatic N) is 1. The second-order valence-electron chi connectivity index (χ2n) is 4.49. The highest BCUT2D eigenvalue weighted by Crippen LogP contribution is 2.38. The lowest BCUT2D eigenvalue weighted by Crippen LogP contribution is -2.61. The zero-order valence-electron chi connectivity index (χ0n) is 9.70. The maximum atomic E-state index is 11.0. The van der Waals surface area contributed by atoms with Gasteiger partial charge in [-0.15, -0.1) is 6.58 Å². The summed E-state index contributed by atoms with van der Waals surface area (Å²) in [5, 5.41) is 9.07. The molecular formula is C12H21NO2. The fraction of sp³-hybridized carbons (Fsp3) is 0.750. The molecule has 1 saturated heterocycles. The number of hydrogen-bond donors (Lipinski definition) is 1. The van der Waals surface area contributed by atoms with Crippen LogP contribution in [0, 0.1) is 5.41 Å². The summed E-state index contributed by atoms with van der Waals surface area (Å²) in [7, 11) is 0. The molecule has 0 bridgehead atoms. The molecule has 3 heteroatoms. The number of aliphatic carboxylic acids is 1. The Morgan fingerprint density at radius 2 is 2.07 bits per heavy atom. The van der Waals surface area contributed by atoms with Crippen molar-refractivity contribution in [1.29, 1.82) is 0 Å². The maximum Gasteiger partial charge on any atom is 0.321 e. The molecule has 0 aromatic rings. The van der Waals surface area contributed by atoms with Crippen molar-refractivity contribution in [3.05, 3.63) is 12.7 Å². The van der Waals surface area contributed by atoms with Gasteiger partial charge in [0.25, 0.3) is 0 Å². The Bertz CT molecular complexity index is 238. The summed E-state index contributed by atoms with van der Waals surface area (Å²) >= 11 is 0. The van der Waals surface area contributed by atoms with Crippen LogP contribution in [0.15, 0.2) is 12.7 Å². The van der Waals surface area contributed by atoms with E-state index in [1.807, 2.05) is 0 Å². The molecule has 0 aromatic heterocycles. The normalized spacial score (nSPS) is 21.7. The van der Waals surface area contributed by atoms with Gasteiger partial charge in [0.05, 0.1) is 0 Å². The minimum atomic E-state index is -0.726. The second-order valence-corrected chi connectivity index (χ2v) is 4.49. The summed E-state index contributed by atoms with van der Waals surface area (Å²) in [6.45, 7) is 9.82. The number of carboxylic acid groups (broad SMARTS) is 1. The zero-order chi connectivity index (χ0) is 11.5. The predicted octanol–water partition coefficient (Wildman–Crippen LogP) is 2.14. The smallest absolute Gasteiger partial charge is 0.321 e. The fourth-order valence-electron chi connectivity index (χ4n) is 2.30. The Hall–Kier alpha value is -0.830. The van der Waals surface area contributed by atoms with Crippen LogP contribution in [0.1, 0.15) is 33.1 Å². The highest BCUT2D eigenvalue weighted by molar-refractivity contribution is 5.73. The van der Waals surface area contributed by atoms with Gasteiger partial charge in [-0.05, 0) is 24.7 Å². The largest absolute Gasteiger partial charge is 0.480 e. The molecule has 0 aliphatic carbocycles. The Labute approximate surface area is 91.8 Å². The second kappa shape index (κ2) is 4.79. The van der Waals surface area contributed by atoms with Crippen LogP contribution >= 0.6 is 0 Å². The lowest BCUT2D eigenvalue weighted by Gasteiger charge is -2.52. The first kappa shape index (κ1) is 12.2. The lowest BCUT2D eigenvalue weighted by atomic mass is 9.74. The van der Waals surface area contributed by atoms with Crippen LogP contribution < -0.4 is 0 Å². The van der Waals surface area contributed by atoms with Gasteiger partial charge < -0.3 is 5.11 Å². The van der Waals surface area contributed by atoms with Gasteiger partial charge in [-0.2, -0.15) is 0 Å². The van der Waals surface area contributed by atoms with Crippen LogP contribution in [0.25, 0.3) is 0 Å². The van der Waals surface area contributed by atoms with E-state index in [1.165, 1.54) is 0 Å². The van der Waals surface area contributed by atoms with E-state index in [0.29, 0.717) is 11.8 Å². The first-order valence-corrected chi connectivity index (χ1v) is 5.66. The third kappa shape index (κ3) is 2.40. The van der Waals surface area contributed by atoms with Crippen LogP contribution in [0.3, 0.4) is 0 Å². The summed E-state index contributed by atoms with van der Waals surface area (Å²) in [6, 6.07) is -0.367. The van der Waals surface area contributed by atoms with E-state index < -0.39 is 5.97 Å². The first-order valence-electron chi connectivity index (χ1n) is 5.66. The van der Waals surface area contributed by atoms with E-state index in [1.54, 1.807) is 6.08 Å². The Kier molecular flexibility index (Phi) is 3.91. The molecule has 1 fully saturated rings. The van der Waals surface area contributed by atoms with E-state index in [9.17, 15) is 4.79 Å². The number of hydrogen-bond acceptors (Lipinski definition) is 2. The third-order valence-electron chi connectivity index (χ3n) is 3.69. The van der Waals surface area contributed by atoms with E-state index in [2.05, 4.69) is 25.3 Å². The fourth-order valence-corrected chi connectivity index (χ4v) is 2.30. The van der Waals surface area contributed by atoms with Gasteiger partial charge in [0.2, 0.25) is 0 Å². The van der Waals surface area contributed by atoms with Gasteiger partial charge >= 0.3 is 5.97 Å². The Morgan fingerprint density at radius 1 is 1.53 bits per heavy atom. The van der Waals surface area contributed by atoms with Crippen molar-refractivity contribution < 1.29 is 9.90 Å². The van der Waals surface area contributed by atoms with Crippen LogP contribution in [-0.4, -0.2) is 35.1 Å². The number of carbonyl (C=O) groups is 1. The SMILES string of the molecule is C=CCC(C(=O)O)N1CC(CC)(CC)C1. The highest BCUT2D eigenvalue weighted by atomic mass is 16.4. The first-order chi connectivity index (χ1) is 7.08. The minimum Gasteiger partial charge on any atom is -0.480 e. The van der Waals surface area contributed by atoms with Crippen LogP contribution in [-0.2, 0) is 4.79 Å². The van der Waals surface area contributed by atoms with Crippen LogP contribution in [0.2, 0.25) is 0 Å². The quantitative estimate of drug-likeness (QED) is 0.684. The van der Waals surface area contributed by atoms with Gasteiger partial charge in [0.1, 0.15) is 6.04 Å². The lowest BCUT2D eigenvalue weighted by molar-refractivity contribution is -0.149.